The van der Waals surface area contributed by atoms with Crippen molar-refractivity contribution in [3.63, 3.8) is 0 Å². The second-order valence-corrected chi connectivity index (χ2v) is 7.73. The summed E-state index contributed by atoms with van der Waals surface area (Å²) in [6.45, 7) is 6.23. The number of rotatable bonds is 5. The molecule has 0 aliphatic carbocycles. The first-order valence-corrected chi connectivity index (χ1v) is 10.3. The third-order valence-corrected chi connectivity index (χ3v) is 5.66. The van der Waals surface area contributed by atoms with Crippen LogP contribution in [0.25, 0.3) is 11.3 Å². The fourth-order valence-electron chi connectivity index (χ4n) is 4.06. The van der Waals surface area contributed by atoms with Crippen molar-refractivity contribution in [3.05, 3.63) is 60.1 Å². The molecule has 1 aliphatic heterocycles. The minimum atomic E-state index is -0.130. The molecule has 31 heavy (non-hydrogen) atoms. The van der Waals surface area contributed by atoms with Gasteiger partial charge in [-0.3, -0.25) is 4.79 Å². The van der Waals surface area contributed by atoms with Gasteiger partial charge in [-0.15, -0.1) is 0 Å². The maximum absolute atomic E-state index is 13.3. The maximum Gasteiger partial charge on any atom is 0.276 e. The summed E-state index contributed by atoms with van der Waals surface area (Å²) in [7, 11) is 3.15. The molecule has 1 saturated heterocycles. The Balaban J connectivity index is 1.54. The van der Waals surface area contributed by atoms with Gasteiger partial charge in [0, 0.05) is 36.9 Å². The number of carbonyl (C=O) groups is 1. The first-order chi connectivity index (χ1) is 15.0. The fourth-order valence-corrected chi connectivity index (χ4v) is 4.06. The maximum atomic E-state index is 13.3. The minimum absolute atomic E-state index is 0.130. The van der Waals surface area contributed by atoms with Crippen LogP contribution in [-0.2, 0) is 0 Å². The average molecular weight is 421 g/mol. The van der Waals surface area contributed by atoms with Crippen molar-refractivity contribution >= 4 is 11.6 Å². The van der Waals surface area contributed by atoms with E-state index in [1.807, 2.05) is 11.0 Å². The van der Waals surface area contributed by atoms with Crippen molar-refractivity contribution in [1.29, 1.82) is 0 Å². The third kappa shape index (κ3) is 4.08. The van der Waals surface area contributed by atoms with Crippen LogP contribution >= 0.6 is 0 Å². The van der Waals surface area contributed by atoms with Crippen LogP contribution in [0.5, 0.6) is 11.5 Å². The molecule has 0 N–H and O–H groups in total. The Kier molecular flexibility index (Phi) is 5.84. The lowest BCUT2D eigenvalue weighted by Crippen LogP contribution is -2.54. The van der Waals surface area contributed by atoms with Crippen LogP contribution in [0.15, 0.2) is 53.3 Å². The smallest absolute Gasteiger partial charge is 0.276 e. The van der Waals surface area contributed by atoms with Crippen molar-refractivity contribution in [3.8, 4) is 22.8 Å². The largest absolute Gasteiger partial charge is 0.493 e. The highest BCUT2D eigenvalue weighted by molar-refractivity contribution is 5.98. The molecule has 1 fully saturated rings. The molecular weight excluding hydrogens is 394 g/mol. The molecule has 162 valence electrons. The van der Waals surface area contributed by atoms with Crippen LogP contribution < -0.4 is 14.4 Å². The summed E-state index contributed by atoms with van der Waals surface area (Å²) < 4.78 is 16.3. The zero-order valence-corrected chi connectivity index (χ0v) is 18.3. The van der Waals surface area contributed by atoms with Gasteiger partial charge in [-0.25, -0.2) is 4.98 Å². The van der Waals surface area contributed by atoms with E-state index in [0.717, 1.165) is 6.54 Å². The van der Waals surface area contributed by atoms with Crippen LogP contribution in [-0.4, -0.2) is 55.7 Å². The van der Waals surface area contributed by atoms with Gasteiger partial charge < -0.3 is 23.7 Å². The number of ether oxygens (including phenoxy) is 2. The Labute approximate surface area is 182 Å². The first-order valence-electron chi connectivity index (χ1n) is 10.3. The molecule has 0 bridgehead atoms. The van der Waals surface area contributed by atoms with Crippen molar-refractivity contribution in [2.45, 2.75) is 19.9 Å². The predicted molar refractivity (Wildman–Crippen MR) is 119 cm³/mol. The highest BCUT2D eigenvalue weighted by Gasteiger charge is 2.30. The van der Waals surface area contributed by atoms with Crippen LogP contribution in [0, 0.1) is 6.92 Å². The number of amides is 1. The number of nitrogens with zero attached hydrogens (tertiary/aromatic N) is 3. The molecule has 2 heterocycles. The van der Waals surface area contributed by atoms with Crippen LogP contribution in [0.4, 0.5) is 5.69 Å². The number of hydrogen-bond acceptors (Lipinski definition) is 6. The fraction of sp³-hybridized carbons (Fsp3) is 0.333. The molecule has 0 radical (unpaired) electrons. The Bertz CT molecular complexity index is 1080. The number of piperazine rings is 1. The summed E-state index contributed by atoms with van der Waals surface area (Å²) >= 11 is 0. The van der Waals surface area contributed by atoms with E-state index >= 15 is 0 Å². The second kappa shape index (κ2) is 8.71. The third-order valence-electron chi connectivity index (χ3n) is 5.66. The summed E-state index contributed by atoms with van der Waals surface area (Å²) in [5.74, 6) is 1.48. The number of oxazole rings is 1. The zero-order chi connectivity index (χ0) is 22.0. The monoisotopic (exact) mass is 421 g/mol. The lowest BCUT2D eigenvalue weighted by Gasteiger charge is -2.41. The molecule has 1 aromatic heterocycles. The van der Waals surface area contributed by atoms with Gasteiger partial charge in [-0.1, -0.05) is 12.1 Å². The highest BCUT2D eigenvalue weighted by Crippen LogP contribution is 2.34. The molecule has 2 aromatic carbocycles. The van der Waals surface area contributed by atoms with E-state index in [0.29, 0.717) is 41.6 Å². The van der Waals surface area contributed by atoms with Gasteiger partial charge in [0.15, 0.2) is 29.3 Å². The number of methoxy groups -OCH3 is 2. The number of aromatic nitrogens is 1. The molecule has 1 amide bonds. The lowest BCUT2D eigenvalue weighted by molar-refractivity contribution is 0.0721. The zero-order valence-electron chi connectivity index (χ0n) is 18.3. The minimum Gasteiger partial charge on any atom is -0.493 e. The number of anilines is 1. The first kappa shape index (κ1) is 20.8. The van der Waals surface area contributed by atoms with Gasteiger partial charge in [0.05, 0.1) is 14.2 Å². The quantitative estimate of drug-likeness (QED) is 0.620. The SMILES string of the molecule is COc1ccc(-c2ocnc2C(=O)N2CCN(c3cccc(C)c3)C(C)C2)cc1OC. The Morgan fingerprint density at radius 1 is 1.10 bits per heavy atom. The number of benzene rings is 2. The van der Waals surface area contributed by atoms with E-state index in [9.17, 15) is 4.79 Å². The van der Waals surface area contributed by atoms with Crippen LogP contribution in [0.2, 0.25) is 0 Å². The van der Waals surface area contributed by atoms with Crippen molar-refractivity contribution in [2.24, 2.45) is 0 Å². The summed E-state index contributed by atoms with van der Waals surface area (Å²) in [6, 6.07) is 14.1. The van der Waals surface area contributed by atoms with E-state index in [4.69, 9.17) is 13.9 Å². The van der Waals surface area contributed by atoms with Gasteiger partial charge in [-0.2, -0.15) is 0 Å². The topological polar surface area (TPSA) is 68.0 Å². The van der Waals surface area contributed by atoms with E-state index in [1.54, 1.807) is 26.4 Å². The molecule has 1 atom stereocenters. The Hall–Kier alpha value is -3.48. The van der Waals surface area contributed by atoms with Gasteiger partial charge in [0.1, 0.15) is 0 Å². The molecule has 0 saturated carbocycles. The normalized spacial score (nSPS) is 16.3. The standard InChI is InChI=1S/C24H27N3O4/c1-16-6-5-7-19(12-16)27-11-10-26(14-17(27)2)24(28)22-23(31-15-25-22)18-8-9-20(29-3)21(13-18)30-4/h5-9,12-13,15,17H,10-11,14H2,1-4H3. The summed E-state index contributed by atoms with van der Waals surface area (Å²) in [4.78, 5) is 21.7. The molecule has 3 aromatic rings. The lowest BCUT2D eigenvalue weighted by atomic mass is 10.1. The van der Waals surface area contributed by atoms with Crippen LogP contribution in [0.3, 0.4) is 0 Å². The van der Waals surface area contributed by atoms with E-state index < -0.39 is 0 Å². The molecule has 4 rings (SSSR count). The Morgan fingerprint density at radius 3 is 2.61 bits per heavy atom. The Morgan fingerprint density at radius 2 is 1.90 bits per heavy atom. The van der Waals surface area contributed by atoms with Gasteiger partial charge >= 0.3 is 0 Å². The van der Waals surface area contributed by atoms with Crippen molar-refractivity contribution in [1.82, 2.24) is 9.88 Å². The predicted octanol–water partition coefficient (Wildman–Crippen LogP) is 4.02. The van der Waals surface area contributed by atoms with E-state index in [1.165, 1.54) is 17.6 Å². The molecule has 1 aliphatic rings. The van der Waals surface area contributed by atoms with Crippen LogP contribution in [0.1, 0.15) is 23.0 Å². The summed E-state index contributed by atoms with van der Waals surface area (Å²) in [5.41, 5.74) is 3.44. The summed E-state index contributed by atoms with van der Waals surface area (Å²) in [5, 5.41) is 0. The van der Waals surface area contributed by atoms with E-state index in [-0.39, 0.29) is 11.9 Å². The summed E-state index contributed by atoms with van der Waals surface area (Å²) in [6.07, 6.45) is 1.31. The number of carbonyl (C=O) groups excluding carboxylic acids is 1. The second-order valence-electron chi connectivity index (χ2n) is 7.73. The number of hydrogen-bond donors (Lipinski definition) is 0. The molecule has 7 heteroatoms. The molecule has 7 nitrogen and oxygen atoms in total. The van der Waals surface area contributed by atoms with E-state index in [2.05, 4.69) is 48.0 Å². The molecular formula is C24H27N3O4. The molecule has 0 spiro atoms. The number of aryl methyl sites for hydroxylation is 1. The average Bonchev–Trinajstić information content (AvgIpc) is 3.28. The van der Waals surface area contributed by atoms with Gasteiger partial charge in [-0.05, 0) is 49.7 Å². The van der Waals surface area contributed by atoms with Crippen molar-refractivity contribution < 1.29 is 18.7 Å². The highest BCUT2D eigenvalue weighted by atomic mass is 16.5. The van der Waals surface area contributed by atoms with Crippen molar-refractivity contribution in [2.75, 3.05) is 38.8 Å². The molecule has 1 unspecified atom stereocenters. The van der Waals surface area contributed by atoms with Gasteiger partial charge in [0.25, 0.3) is 5.91 Å². The van der Waals surface area contributed by atoms with Gasteiger partial charge in [0.2, 0.25) is 0 Å².